The Morgan fingerprint density at radius 2 is 1.68 bits per heavy atom. The highest BCUT2D eigenvalue weighted by Gasteiger charge is 2.45. The van der Waals surface area contributed by atoms with Gasteiger partial charge in [0, 0.05) is 15.7 Å². The van der Waals surface area contributed by atoms with Crippen molar-refractivity contribution in [3.05, 3.63) is 74.6 Å². The van der Waals surface area contributed by atoms with Crippen LogP contribution in [-0.2, 0) is 9.59 Å². The van der Waals surface area contributed by atoms with E-state index < -0.39 is 23.5 Å². The van der Waals surface area contributed by atoms with E-state index in [1.165, 1.54) is 24.3 Å². The van der Waals surface area contributed by atoms with E-state index in [0.29, 0.717) is 18.5 Å². The number of rotatable bonds is 8. The standard InChI is InChI=1S/C24H26FIN2O3/c1-3-27(4-2)14-5-15-28-21(16-8-12-19(26)13-9-16)20(23(30)24(28)31)22(29)17-6-10-18(25)11-7-17/h6-13,21,29H,3-5,14-15H2,1-2H3/b22-20+. The molecule has 1 fully saturated rings. The fourth-order valence-electron chi connectivity index (χ4n) is 3.87. The Labute approximate surface area is 195 Å². The van der Waals surface area contributed by atoms with Crippen molar-refractivity contribution in [2.75, 3.05) is 26.2 Å². The summed E-state index contributed by atoms with van der Waals surface area (Å²) in [7, 11) is 0. The molecule has 1 N–H and O–H groups in total. The van der Waals surface area contributed by atoms with Crippen molar-refractivity contribution in [3.8, 4) is 0 Å². The summed E-state index contributed by atoms with van der Waals surface area (Å²) in [5, 5.41) is 10.9. The lowest BCUT2D eigenvalue weighted by molar-refractivity contribution is -0.140. The quantitative estimate of drug-likeness (QED) is 0.232. The number of hydrogen-bond acceptors (Lipinski definition) is 4. The summed E-state index contributed by atoms with van der Waals surface area (Å²) in [6.45, 7) is 7.22. The van der Waals surface area contributed by atoms with E-state index in [-0.39, 0.29) is 11.3 Å². The van der Waals surface area contributed by atoms with Crippen LogP contribution in [0.2, 0.25) is 0 Å². The van der Waals surface area contributed by atoms with Crippen molar-refractivity contribution in [3.63, 3.8) is 0 Å². The Balaban J connectivity index is 2.01. The molecule has 31 heavy (non-hydrogen) atoms. The first-order valence-corrected chi connectivity index (χ1v) is 11.5. The van der Waals surface area contributed by atoms with Crippen LogP contribution in [-0.4, -0.2) is 52.8 Å². The maximum absolute atomic E-state index is 13.3. The van der Waals surface area contributed by atoms with Crippen LogP contribution in [0.25, 0.3) is 5.76 Å². The Hall–Kier alpha value is -2.26. The SMILES string of the molecule is CCN(CC)CCCN1C(=O)C(=O)/C(=C(/O)c2ccc(F)cc2)C1c1ccc(I)cc1. The molecule has 0 bridgehead atoms. The second-order valence-electron chi connectivity index (χ2n) is 7.43. The van der Waals surface area contributed by atoms with Crippen LogP contribution < -0.4 is 0 Å². The summed E-state index contributed by atoms with van der Waals surface area (Å²) in [4.78, 5) is 29.7. The largest absolute Gasteiger partial charge is 0.507 e. The topological polar surface area (TPSA) is 60.9 Å². The summed E-state index contributed by atoms with van der Waals surface area (Å²) in [5.74, 6) is -2.06. The lowest BCUT2D eigenvalue weighted by Gasteiger charge is -2.26. The number of hydrogen-bond donors (Lipinski definition) is 1. The maximum Gasteiger partial charge on any atom is 0.295 e. The van der Waals surface area contributed by atoms with Crippen LogP contribution in [0.5, 0.6) is 0 Å². The molecule has 1 atom stereocenters. The number of aliphatic hydroxyl groups excluding tert-OH is 1. The zero-order valence-electron chi connectivity index (χ0n) is 17.6. The first-order valence-electron chi connectivity index (χ1n) is 10.4. The van der Waals surface area contributed by atoms with Gasteiger partial charge in [0.2, 0.25) is 0 Å². The first kappa shape index (κ1) is 23.4. The first-order chi connectivity index (χ1) is 14.9. The van der Waals surface area contributed by atoms with Gasteiger partial charge in [0.1, 0.15) is 11.6 Å². The predicted molar refractivity (Wildman–Crippen MR) is 127 cm³/mol. The van der Waals surface area contributed by atoms with Gasteiger partial charge in [0.05, 0.1) is 11.6 Å². The monoisotopic (exact) mass is 536 g/mol. The Kier molecular flexibility index (Phi) is 7.83. The molecule has 1 amide bonds. The van der Waals surface area contributed by atoms with Gasteiger partial charge in [0.25, 0.3) is 11.7 Å². The molecule has 1 aliphatic rings. The third kappa shape index (κ3) is 5.15. The number of carbonyl (C=O) groups is 2. The second kappa shape index (κ2) is 10.4. The molecule has 2 aromatic rings. The summed E-state index contributed by atoms with van der Waals surface area (Å²) < 4.78 is 14.4. The van der Waals surface area contributed by atoms with Gasteiger partial charge in [-0.15, -0.1) is 0 Å². The molecular weight excluding hydrogens is 510 g/mol. The van der Waals surface area contributed by atoms with E-state index in [2.05, 4.69) is 41.3 Å². The highest BCUT2D eigenvalue weighted by atomic mass is 127. The van der Waals surface area contributed by atoms with Crippen LogP contribution >= 0.6 is 22.6 Å². The molecule has 0 saturated carbocycles. The normalized spacial score (nSPS) is 18.2. The van der Waals surface area contributed by atoms with Crippen molar-refractivity contribution >= 4 is 40.0 Å². The molecular formula is C24H26FIN2O3. The molecule has 0 spiro atoms. The van der Waals surface area contributed by atoms with Gasteiger partial charge in [-0.1, -0.05) is 26.0 Å². The summed E-state index contributed by atoms with van der Waals surface area (Å²) in [6.07, 6.45) is 0.714. The summed E-state index contributed by atoms with van der Waals surface area (Å²) in [5.41, 5.74) is 1.10. The van der Waals surface area contributed by atoms with E-state index in [4.69, 9.17) is 0 Å². The molecule has 1 saturated heterocycles. The third-order valence-electron chi connectivity index (χ3n) is 5.61. The van der Waals surface area contributed by atoms with E-state index in [1.807, 2.05) is 24.3 Å². The molecule has 164 valence electrons. The van der Waals surface area contributed by atoms with Crippen molar-refractivity contribution in [2.45, 2.75) is 26.3 Å². The number of ketones is 1. The van der Waals surface area contributed by atoms with Gasteiger partial charge in [-0.25, -0.2) is 4.39 Å². The molecule has 5 nitrogen and oxygen atoms in total. The van der Waals surface area contributed by atoms with E-state index in [1.54, 1.807) is 4.90 Å². The minimum absolute atomic E-state index is 0.0423. The van der Waals surface area contributed by atoms with Gasteiger partial charge >= 0.3 is 0 Å². The number of carbonyl (C=O) groups excluding carboxylic acids is 2. The third-order valence-corrected chi connectivity index (χ3v) is 6.33. The fraction of sp³-hybridized carbons (Fsp3) is 0.333. The molecule has 1 aliphatic heterocycles. The molecule has 1 unspecified atom stereocenters. The van der Waals surface area contributed by atoms with E-state index >= 15 is 0 Å². The zero-order chi connectivity index (χ0) is 22.5. The Bertz CT molecular complexity index is 969. The van der Waals surface area contributed by atoms with Gasteiger partial charge in [-0.05, 0) is 90.6 Å². The highest BCUT2D eigenvalue weighted by Crippen LogP contribution is 2.39. The van der Waals surface area contributed by atoms with Crippen LogP contribution in [0.4, 0.5) is 4.39 Å². The molecule has 0 aliphatic carbocycles. The smallest absolute Gasteiger partial charge is 0.295 e. The zero-order valence-corrected chi connectivity index (χ0v) is 19.8. The van der Waals surface area contributed by atoms with Crippen LogP contribution in [0, 0.1) is 9.39 Å². The lowest BCUT2D eigenvalue weighted by atomic mass is 9.95. The number of Topliss-reactive ketones (excluding diaryl/α,β-unsaturated/α-hetero) is 1. The minimum Gasteiger partial charge on any atom is -0.507 e. The Morgan fingerprint density at radius 3 is 2.26 bits per heavy atom. The summed E-state index contributed by atoms with van der Waals surface area (Å²) >= 11 is 2.19. The maximum atomic E-state index is 13.3. The average molecular weight is 536 g/mol. The highest BCUT2D eigenvalue weighted by molar-refractivity contribution is 14.1. The van der Waals surface area contributed by atoms with Crippen molar-refractivity contribution < 1.29 is 19.1 Å². The fourth-order valence-corrected chi connectivity index (χ4v) is 4.23. The number of halogens is 2. The Morgan fingerprint density at radius 1 is 1.06 bits per heavy atom. The molecule has 1 heterocycles. The second-order valence-corrected chi connectivity index (χ2v) is 8.68. The van der Waals surface area contributed by atoms with Gasteiger partial charge in [-0.3, -0.25) is 9.59 Å². The van der Waals surface area contributed by atoms with E-state index in [0.717, 1.165) is 28.8 Å². The minimum atomic E-state index is -0.715. The number of amides is 1. The average Bonchev–Trinajstić information content (AvgIpc) is 3.02. The molecule has 3 rings (SSSR count). The number of aliphatic hydroxyl groups is 1. The summed E-state index contributed by atoms with van der Waals surface area (Å²) in [6, 6.07) is 12.1. The van der Waals surface area contributed by atoms with Crippen molar-refractivity contribution in [2.24, 2.45) is 0 Å². The van der Waals surface area contributed by atoms with Crippen LogP contribution in [0.3, 0.4) is 0 Å². The number of nitrogens with zero attached hydrogens (tertiary/aromatic N) is 2. The number of likely N-dealkylation sites (tertiary alicyclic amines) is 1. The lowest BCUT2D eigenvalue weighted by Crippen LogP contribution is -2.33. The molecule has 7 heteroatoms. The van der Waals surface area contributed by atoms with Gasteiger partial charge in [-0.2, -0.15) is 0 Å². The van der Waals surface area contributed by atoms with Crippen molar-refractivity contribution in [1.29, 1.82) is 0 Å². The van der Waals surface area contributed by atoms with Crippen molar-refractivity contribution in [1.82, 2.24) is 9.80 Å². The van der Waals surface area contributed by atoms with Crippen LogP contribution in [0.15, 0.2) is 54.1 Å². The van der Waals surface area contributed by atoms with Crippen LogP contribution in [0.1, 0.15) is 37.4 Å². The predicted octanol–water partition coefficient (Wildman–Crippen LogP) is 4.58. The molecule has 0 radical (unpaired) electrons. The molecule has 0 aromatic heterocycles. The number of benzene rings is 2. The van der Waals surface area contributed by atoms with E-state index in [9.17, 15) is 19.1 Å². The van der Waals surface area contributed by atoms with Gasteiger partial charge < -0.3 is 14.9 Å². The van der Waals surface area contributed by atoms with Gasteiger partial charge in [0.15, 0.2) is 0 Å². The molecule has 2 aromatic carbocycles.